The Hall–Kier alpha value is -3.74. The molecule has 0 saturated heterocycles. The van der Waals surface area contributed by atoms with Gasteiger partial charge in [-0.3, -0.25) is 14.6 Å². The molecule has 12 heteroatoms. The van der Waals surface area contributed by atoms with Gasteiger partial charge < -0.3 is 21.1 Å². The number of aryl methyl sites for hydroxylation is 1. The van der Waals surface area contributed by atoms with Crippen molar-refractivity contribution in [2.24, 2.45) is 0 Å². The van der Waals surface area contributed by atoms with E-state index in [-0.39, 0.29) is 24.2 Å². The maximum absolute atomic E-state index is 14.1. The number of halogens is 2. The number of aliphatic hydroxyl groups is 1. The zero-order chi connectivity index (χ0) is 34.4. The van der Waals surface area contributed by atoms with Crippen molar-refractivity contribution in [2.45, 2.75) is 89.3 Å². The number of hydrogen-bond acceptors (Lipinski definition) is 7. The maximum Gasteiger partial charge on any atom is 0.270 e. The van der Waals surface area contributed by atoms with Crippen molar-refractivity contribution in [3.8, 4) is 0 Å². The largest absolute Gasteiger partial charge is 0.390 e. The summed E-state index contributed by atoms with van der Waals surface area (Å²) in [6.07, 6.45) is 2.88. The van der Waals surface area contributed by atoms with Gasteiger partial charge in [0.15, 0.2) is 9.84 Å². The molecule has 0 saturated carbocycles. The van der Waals surface area contributed by atoms with Crippen molar-refractivity contribution < 1.29 is 31.9 Å². The van der Waals surface area contributed by atoms with Crippen molar-refractivity contribution >= 4 is 21.7 Å². The van der Waals surface area contributed by atoms with Crippen molar-refractivity contribution in [1.82, 2.24) is 20.9 Å². The Bertz CT molecular complexity index is 1530. The molecule has 0 unspecified atom stereocenters. The highest BCUT2D eigenvalue weighted by atomic mass is 32.2. The normalized spacial score (nSPS) is 13.6. The molecule has 0 aliphatic carbocycles. The number of carbonyl (C=O) groups excluding carboxylic acids is 2. The van der Waals surface area contributed by atoms with Crippen LogP contribution in [0.15, 0.2) is 66.9 Å². The van der Waals surface area contributed by atoms with E-state index < -0.39 is 62.5 Å². The van der Waals surface area contributed by atoms with Gasteiger partial charge in [0.25, 0.3) is 5.91 Å². The van der Waals surface area contributed by atoms with Gasteiger partial charge in [-0.1, -0.05) is 63.9 Å². The van der Waals surface area contributed by atoms with Gasteiger partial charge in [0.05, 0.1) is 23.1 Å². The van der Waals surface area contributed by atoms with Crippen LogP contribution in [0.5, 0.6) is 0 Å². The fraction of sp³-hybridized carbons (Fsp3) is 0.457. The average molecular weight is 673 g/mol. The molecule has 1 heterocycles. The van der Waals surface area contributed by atoms with E-state index in [9.17, 15) is 31.9 Å². The molecule has 2 amide bonds. The van der Waals surface area contributed by atoms with E-state index in [1.54, 1.807) is 12.1 Å². The van der Waals surface area contributed by atoms with E-state index in [1.807, 2.05) is 45.0 Å². The molecule has 3 atom stereocenters. The quantitative estimate of drug-likeness (QED) is 0.149. The fourth-order valence-electron chi connectivity index (χ4n) is 5.44. The summed E-state index contributed by atoms with van der Waals surface area (Å²) in [5.41, 5.74) is 2.30. The van der Waals surface area contributed by atoms with Crippen LogP contribution in [-0.2, 0) is 34.0 Å². The van der Waals surface area contributed by atoms with E-state index in [2.05, 4.69) is 20.9 Å². The van der Waals surface area contributed by atoms with Crippen LogP contribution in [0.2, 0.25) is 0 Å². The zero-order valence-corrected chi connectivity index (χ0v) is 28.0. The molecule has 0 bridgehead atoms. The number of hydrogen-bond donors (Lipinski definition) is 4. The van der Waals surface area contributed by atoms with Crippen molar-refractivity contribution in [2.75, 3.05) is 12.3 Å². The van der Waals surface area contributed by atoms with Crippen molar-refractivity contribution in [3.63, 3.8) is 0 Å². The summed E-state index contributed by atoms with van der Waals surface area (Å²) >= 11 is 0. The van der Waals surface area contributed by atoms with Crippen molar-refractivity contribution in [3.05, 3.63) is 101 Å². The minimum atomic E-state index is -3.87. The number of nitrogens with zero attached hydrogens (tertiary/aromatic N) is 1. The smallest absolute Gasteiger partial charge is 0.270 e. The minimum absolute atomic E-state index is 0.00255. The van der Waals surface area contributed by atoms with Gasteiger partial charge in [0.2, 0.25) is 5.91 Å². The molecular formula is C35H46F2N4O5S. The van der Waals surface area contributed by atoms with E-state index in [4.69, 9.17) is 0 Å². The third-order valence-electron chi connectivity index (χ3n) is 7.90. The van der Waals surface area contributed by atoms with Crippen LogP contribution >= 0.6 is 0 Å². The third-order valence-corrected chi connectivity index (χ3v) is 10.2. The van der Waals surface area contributed by atoms with Gasteiger partial charge in [-0.05, 0) is 66.6 Å². The van der Waals surface area contributed by atoms with Crippen LogP contribution in [0, 0.1) is 11.6 Å². The summed E-state index contributed by atoms with van der Waals surface area (Å²) in [5.74, 6) is -3.92. The molecule has 0 aliphatic heterocycles. The highest BCUT2D eigenvalue weighted by Gasteiger charge is 2.34. The number of rotatable bonds is 19. The molecule has 9 nitrogen and oxygen atoms in total. The van der Waals surface area contributed by atoms with E-state index in [0.717, 1.165) is 35.7 Å². The average Bonchev–Trinajstić information content (AvgIpc) is 3.03. The van der Waals surface area contributed by atoms with Gasteiger partial charge in [0, 0.05) is 25.4 Å². The van der Waals surface area contributed by atoms with Crippen LogP contribution in [0.25, 0.3) is 0 Å². The number of aromatic nitrogens is 1. The van der Waals surface area contributed by atoms with E-state index in [1.165, 1.54) is 12.3 Å². The summed E-state index contributed by atoms with van der Waals surface area (Å²) in [7, 11) is -3.87. The predicted molar refractivity (Wildman–Crippen MR) is 178 cm³/mol. The summed E-state index contributed by atoms with van der Waals surface area (Å²) < 4.78 is 55.3. The molecule has 3 aromatic rings. The Balaban J connectivity index is 1.87. The number of amides is 2. The van der Waals surface area contributed by atoms with Gasteiger partial charge in [0.1, 0.15) is 23.4 Å². The number of pyridine rings is 1. The molecule has 256 valence electrons. The Kier molecular flexibility index (Phi) is 14.9. The highest BCUT2D eigenvalue weighted by molar-refractivity contribution is 7.92. The molecule has 3 rings (SSSR count). The number of sulfone groups is 1. The lowest BCUT2D eigenvalue weighted by molar-refractivity contribution is -0.124. The van der Waals surface area contributed by atoms with Crippen LogP contribution in [0.4, 0.5) is 8.78 Å². The Morgan fingerprint density at radius 3 is 2.17 bits per heavy atom. The van der Waals surface area contributed by atoms with Crippen LogP contribution in [-0.4, -0.2) is 66.1 Å². The summed E-state index contributed by atoms with van der Waals surface area (Å²) in [6, 6.07) is 12.8. The number of benzene rings is 2. The second-order valence-electron chi connectivity index (χ2n) is 11.7. The first kappa shape index (κ1) is 37.7. The first-order valence-corrected chi connectivity index (χ1v) is 17.8. The SMILES string of the molecule is CCCC(CCC)S(=O)(=O)C[C@H](NC(=O)c1ccccn1)C(=O)N[C@@H](Cc1cc(F)cc(F)c1)[C@H](O)CNCc1cccc(CC)c1. The van der Waals surface area contributed by atoms with Gasteiger partial charge in [-0.25, -0.2) is 17.2 Å². The molecule has 4 N–H and O–H groups in total. The molecule has 1 aromatic heterocycles. The lowest BCUT2D eigenvalue weighted by atomic mass is 10.00. The number of aliphatic hydroxyl groups excluding tert-OH is 1. The molecule has 2 aromatic carbocycles. The summed E-state index contributed by atoms with van der Waals surface area (Å²) in [5, 5.41) is 18.9. The van der Waals surface area contributed by atoms with E-state index in [0.29, 0.717) is 32.2 Å². The van der Waals surface area contributed by atoms with Crippen molar-refractivity contribution in [1.29, 1.82) is 0 Å². The highest BCUT2D eigenvalue weighted by Crippen LogP contribution is 2.18. The van der Waals surface area contributed by atoms with Crippen LogP contribution in [0.1, 0.15) is 73.6 Å². The fourth-order valence-corrected chi connectivity index (χ4v) is 7.60. The van der Waals surface area contributed by atoms with E-state index >= 15 is 0 Å². The van der Waals surface area contributed by atoms with Crippen LogP contribution < -0.4 is 16.0 Å². The van der Waals surface area contributed by atoms with Crippen LogP contribution in [0.3, 0.4) is 0 Å². The van der Waals surface area contributed by atoms with Gasteiger partial charge in [-0.2, -0.15) is 0 Å². The standard InChI is InChI=1S/C35H46F2N4O5S/c1-4-10-29(11-5-2)47(45,46)23-32(41-34(43)30-14-7-8-15-39-30)35(44)40-31(19-26-17-27(36)20-28(37)18-26)33(42)22-38-21-25-13-9-12-24(6-3)16-25/h7-9,12-18,20,29,31-33,38,42H,4-6,10-11,19,21-23H2,1-3H3,(H,40,44)(H,41,43)/t31-,32-,33+/m0/s1. The number of nitrogens with one attached hydrogen (secondary N) is 3. The number of carbonyl (C=O) groups is 2. The lowest BCUT2D eigenvalue weighted by Crippen LogP contribution is -2.57. The second kappa shape index (κ2) is 18.6. The van der Waals surface area contributed by atoms with Gasteiger partial charge >= 0.3 is 0 Å². The first-order chi connectivity index (χ1) is 22.4. The Morgan fingerprint density at radius 2 is 1.55 bits per heavy atom. The first-order valence-electron chi connectivity index (χ1n) is 16.1. The predicted octanol–water partition coefficient (Wildman–Crippen LogP) is 4.28. The second-order valence-corrected chi connectivity index (χ2v) is 14.1. The molecule has 47 heavy (non-hydrogen) atoms. The molecule has 0 aliphatic rings. The third kappa shape index (κ3) is 12.1. The maximum atomic E-state index is 14.1. The summed E-state index contributed by atoms with van der Waals surface area (Å²) in [6.45, 7) is 6.21. The monoisotopic (exact) mass is 672 g/mol. The van der Waals surface area contributed by atoms with Gasteiger partial charge in [-0.15, -0.1) is 0 Å². The molecular weight excluding hydrogens is 626 g/mol. The topological polar surface area (TPSA) is 137 Å². The zero-order valence-electron chi connectivity index (χ0n) is 27.2. The Morgan fingerprint density at radius 1 is 0.872 bits per heavy atom. The molecule has 0 radical (unpaired) electrons. The lowest BCUT2D eigenvalue weighted by Gasteiger charge is -2.28. The molecule has 0 fully saturated rings. The Labute approximate surface area is 276 Å². The minimum Gasteiger partial charge on any atom is -0.390 e. The summed E-state index contributed by atoms with van der Waals surface area (Å²) in [4.78, 5) is 30.9. The molecule has 0 spiro atoms.